The highest BCUT2D eigenvalue weighted by Gasteiger charge is 2.34. The fourth-order valence-corrected chi connectivity index (χ4v) is 3.65. The van der Waals surface area contributed by atoms with Crippen molar-refractivity contribution in [1.29, 1.82) is 0 Å². The molecule has 1 fully saturated rings. The molecule has 1 saturated heterocycles. The van der Waals surface area contributed by atoms with E-state index in [-0.39, 0.29) is 17.9 Å². The van der Waals surface area contributed by atoms with Gasteiger partial charge in [0.25, 0.3) is 5.91 Å². The van der Waals surface area contributed by atoms with E-state index in [9.17, 15) is 9.59 Å². The van der Waals surface area contributed by atoms with E-state index in [2.05, 4.69) is 0 Å². The summed E-state index contributed by atoms with van der Waals surface area (Å²) < 4.78 is 0. The summed E-state index contributed by atoms with van der Waals surface area (Å²) in [4.78, 5) is 29.7. The predicted molar refractivity (Wildman–Crippen MR) is 92.8 cm³/mol. The van der Waals surface area contributed by atoms with Gasteiger partial charge in [0.2, 0.25) is 5.91 Å². The minimum Gasteiger partial charge on any atom is -0.326 e. The Morgan fingerprint density at radius 1 is 1.13 bits per heavy atom. The normalized spacial score (nSPS) is 17.8. The van der Waals surface area contributed by atoms with Gasteiger partial charge in [-0.1, -0.05) is 24.3 Å². The van der Waals surface area contributed by atoms with Gasteiger partial charge in [-0.25, -0.2) is 0 Å². The third kappa shape index (κ3) is 3.29. The molecule has 4 nitrogen and oxygen atoms in total. The summed E-state index contributed by atoms with van der Waals surface area (Å²) >= 11 is 1.43. The molecule has 1 aromatic heterocycles. The molecule has 0 N–H and O–H groups in total. The standard InChI is InChI=1S/C18H20N2O2S/c1-19(14-8-3-2-4-9-14)17(21)15-10-5-6-12-20(15)18(22)16-11-7-13-23-16/h2-4,7-9,11,13,15H,5-6,10,12H2,1H3/t15-/m1/s1. The second-order valence-corrected chi connectivity index (χ2v) is 6.67. The first-order valence-electron chi connectivity index (χ1n) is 7.85. The van der Waals surface area contributed by atoms with Crippen molar-refractivity contribution in [3.8, 4) is 0 Å². The molecule has 1 aliphatic heterocycles. The number of benzene rings is 1. The molecule has 1 atom stereocenters. The molecule has 2 aromatic rings. The fraction of sp³-hybridized carbons (Fsp3) is 0.333. The average molecular weight is 328 g/mol. The molecule has 0 aliphatic carbocycles. The van der Waals surface area contributed by atoms with Gasteiger partial charge in [0, 0.05) is 19.3 Å². The summed E-state index contributed by atoms with van der Waals surface area (Å²) in [6.45, 7) is 0.649. The van der Waals surface area contributed by atoms with Crippen LogP contribution in [0, 0.1) is 0 Å². The molecule has 1 aromatic carbocycles. The first-order valence-corrected chi connectivity index (χ1v) is 8.73. The van der Waals surface area contributed by atoms with E-state index in [1.165, 1.54) is 11.3 Å². The number of nitrogens with zero attached hydrogens (tertiary/aromatic N) is 2. The SMILES string of the molecule is CN(C(=O)[C@H]1CCCCN1C(=O)c1cccs1)c1ccccc1. The van der Waals surface area contributed by atoms with Crippen LogP contribution >= 0.6 is 11.3 Å². The number of carbonyl (C=O) groups excluding carboxylic acids is 2. The monoisotopic (exact) mass is 328 g/mol. The highest BCUT2D eigenvalue weighted by atomic mass is 32.1. The van der Waals surface area contributed by atoms with Gasteiger partial charge in [-0.15, -0.1) is 11.3 Å². The summed E-state index contributed by atoms with van der Waals surface area (Å²) in [6.07, 6.45) is 2.66. The lowest BCUT2D eigenvalue weighted by atomic mass is 10.0. The number of para-hydroxylation sites is 1. The lowest BCUT2D eigenvalue weighted by Gasteiger charge is -2.36. The lowest BCUT2D eigenvalue weighted by molar-refractivity contribution is -0.123. The van der Waals surface area contributed by atoms with Crippen LogP contribution in [0.1, 0.15) is 28.9 Å². The first kappa shape index (κ1) is 15.7. The van der Waals surface area contributed by atoms with Gasteiger partial charge in [0.05, 0.1) is 4.88 Å². The Labute approximate surface area is 140 Å². The van der Waals surface area contributed by atoms with Crippen LogP contribution in [-0.4, -0.2) is 36.3 Å². The topological polar surface area (TPSA) is 40.6 Å². The van der Waals surface area contributed by atoms with Crippen molar-refractivity contribution in [2.24, 2.45) is 0 Å². The Morgan fingerprint density at radius 3 is 2.61 bits per heavy atom. The number of piperidine rings is 1. The second kappa shape index (κ2) is 6.96. The summed E-state index contributed by atoms with van der Waals surface area (Å²) in [5, 5.41) is 1.89. The Bertz CT molecular complexity index is 670. The molecular weight excluding hydrogens is 308 g/mol. The van der Waals surface area contributed by atoms with Crippen LogP contribution in [0.4, 0.5) is 5.69 Å². The van der Waals surface area contributed by atoms with Gasteiger partial charge < -0.3 is 9.80 Å². The molecule has 3 rings (SSSR count). The number of hydrogen-bond donors (Lipinski definition) is 0. The van der Waals surface area contributed by atoms with Crippen LogP contribution in [-0.2, 0) is 4.79 Å². The number of anilines is 1. The zero-order chi connectivity index (χ0) is 16.2. The Balaban J connectivity index is 1.81. The van der Waals surface area contributed by atoms with E-state index in [0.717, 1.165) is 24.9 Å². The molecule has 23 heavy (non-hydrogen) atoms. The maximum Gasteiger partial charge on any atom is 0.264 e. The van der Waals surface area contributed by atoms with Crippen LogP contribution in [0.3, 0.4) is 0 Å². The zero-order valence-electron chi connectivity index (χ0n) is 13.1. The molecule has 0 spiro atoms. The summed E-state index contributed by atoms with van der Waals surface area (Å²) in [6, 6.07) is 12.9. The van der Waals surface area contributed by atoms with E-state index < -0.39 is 0 Å². The van der Waals surface area contributed by atoms with E-state index >= 15 is 0 Å². The summed E-state index contributed by atoms with van der Waals surface area (Å²) in [5.74, 6) is -0.0414. The molecule has 120 valence electrons. The molecule has 5 heteroatoms. The molecule has 0 radical (unpaired) electrons. The van der Waals surface area contributed by atoms with Crippen LogP contribution in [0.15, 0.2) is 47.8 Å². The second-order valence-electron chi connectivity index (χ2n) is 5.72. The molecule has 0 bridgehead atoms. The highest BCUT2D eigenvalue weighted by molar-refractivity contribution is 7.12. The van der Waals surface area contributed by atoms with Gasteiger partial charge in [-0.05, 0) is 42.8 Å². The molecule has 2 heterocycles. The van der Waals surface area contributed by atoms with Gasteiger partial charge in [0.15, 0.2) is 0 Å². The third-order valence-corrected chi connectivity index (χ3v) is 5.11. The van der Waals surface area contributed by atoms with Gasteiger partial charge in [-0.2, -0.15) is 0 Å². The Kier molecular flexibility index (Phi) is 4.76. The van der Waals surface area contributed by atoms with Crippen LogP contribution < -0.4 is 4.90 Å². The summed E-state index contributed by atoms with van der Waals surface area (Å²) in [7, 11) is 1.78. The number of carbonyl (C=O) groups is 2. The zero-order valence-corrected chi connectivity index (χ0v) is 14.0. The maximum absolute atomic E-state index is 12.9. The Morgan fingerprint density at radius 2 is 1.91 bits per heavy atom. The maximum atomic E-state index is 12.9. The van der Waals surface area contributed by atoms with E-state index in [1.807, 2.05) is 47.8 Å². The Hall–Kier alpha value is -2.14. The number of likely N-dealkylation sites (tertiary alicyclic amines) is 1. The number of likely N-dealkylation sites (N-methyl/N-ethyl adjacent to an activating group) is 1. The van der Waals surface area contributed by atoms with Crippen molar-refractivity contribution < 1.29 is 9.59 Å². The van der Waals surface area contributed by atoms with Gasteiger partial charge in [0.1, 0.15) is 6.04 Å². The van der Waals surface area contributed by atoms with Crippen molar-refractivity contribution >= 4 is 28.8 Å². The molecular formula is C18H20N2O2S. The van der Waals surface area contributed by atoms with Crippen molar-refractivity contribution in [1.82, 2.24) is 4.90 Å². The van der Waals surface area contributed by atoms with Crippen LogP contribution in [0.25, 0.3) is 0 Å². The summed E-state index contributed by atoms with van der Waals surface area (Å²) in [5.41, 5.74) is 0.853. The largest absolute Gasteiger partial charge is 0.326 e. The third-order valence-electron chi connectivity index (χ3n) is 4.25. The van der Waals surface area contributed by atoms with Crippen molar-refractivity contribution in [3.63, 3.8) is 0 Å². The van der Waals surface area contributed by atoms with Crippen molar-refractivity contribution in [3.05, 3.63) is 52.7 Å². The quantitative estimate of drug-likeness (QED) is 0.866. The fourth-order valence-electron chi connectivity index (χ4n) is 2.98. The van der Waals surface area contributed by atoms with E-state index in [0.29, 0.717) is 11.4 Å². The van der Waals surface area contributed by atoms with Gasteiger partial charge in [-0.3, -0.25) is 9.59 Å². The number of amides is 2. The molecule has 0 unspecified atom stereocenters. The predicted octanol–water partition coefficient (Wildman–Crippen LogP) is 3.41. The highest BCUT2D eigenvalue weighted by Crippen LogP contribution is 2.24. The minimum absolute atomic E-state index is 0.0131. The smallest absolute Gasteiger partial charge is 0.264 e. The van der Waals surface area contributed by atoms with Gasteiger partial charge >= 0.3 is 0 Å². The van der Waals surface area contributed by atoms with Crippen LogP contribution in [0.2, 0.25) is 0 Å². The van der Waals surface area contributed by atoms with Crippen molar-refractivity contribution in [2.75, 3.05) is 18.5 Å². The molecule has 1 aliphatic rings. The van der Waals surface area contributed by atoms with E-state index in [4.69, 9.17) is 0 Å². The average Bonchev–Trinajstić information content (AvgIpc) is 3.15. The lowest BCUT2D eigenvalue weighted by Crippen LogP contribution is -2.52. The molecule has 0 saturated carbocycles. The van der Waals surface area contributed by atoms with E-state index in [1.54, 1.807) is 16.8 Å². The number of thiophene rings is 1. The van der Waals surface area contributed by atoms with Crippen LogP contribution in [0.5, 0.6) is 0 Å². The minimum atomic E-state index is -0.372. The molecule has 2 amide bonds. The van der Waals surface area contributed by atoms with Crippen molar-refractivity contribution in [2.45, 2.75) is 25.3 Å². The number of rotatable bonds is 3. The number of hydrogen-bond acceptors (Lipinski definition) is 3. The first-order chi connectivity index (χ1) is 11.2.